The predicted octanol–water partition coefficient (Wildman–Crippen LogP) is 3.67. The molecule has 0 aliphatic rings. The molecule has 2 rings (SSSR count). The van der Waals surface area contributed by atoms with Gasteiger partial charge in [0, 0.05) is 11.8 Å². The number of hydrogen-bond donors (Lipinski definition) is 1. The second-order valence-electron chi connectivity index (χ2n) is 3.54. The van der Waals surface area contributed by atoms with Gasteiger partial charge >= 0.3 is 6.18 Å². The van der Waals surface area contributed by atoms with Gasteiger partial charge in [-0.25, -0.2) is 0 Å². The van der Waals surface area contributed by atoms with Crippen molar-refractivity contribution >= 4 is 11.6 Å². The van der Waals surface area contributed by atoms with E-state index in [0.29, 0.717) is 5.56 Å². The number of benzene rings is 1. The van der Waals surface area contributed by atoms with Gasteiger partial charge in [0.25, 0.3) is 0 Å². The largest absolute Gasteiger partial charge is 0.483 e. The van der Waals surface area contributed by atoms with Crippen LogP contribution in [0.25, 0.3) is 11.1 Å². The molecule has 0 fully saturated rings. The van der Waals surface area contributed by atoms with Crippen molar-refractivity contribution in [3.05, 3.63) is 35.6 Å². The lowest BCUT2D eigenvalue weighted by Crippen LogP contribution is -2.19. The molecule has 0 saturated heterocycles. The summed E-state index contributed by atoms with van der Waals surface area (Å²) in [4.78, 5) is 0. The minimum atomic E-state index is -4.39. The maximum absolute atomic E-state index is 12.1. The van der Waals surface area contributed by atoms with Gasteiger partial charge < -0.3 is 4.74 Å². The van der Waals surface area contributed by atoms with Crippen LogP contribution in [0.15, 0.2) is 30.6 Å². The topological polar surface area (TPSA) is 37.9 Å². The summed E-state index contributed by atoms with van der Waals surface area (Å²) in [5.74, 6) is -0.00677. The second kappa shape index (κ2) is 4.89. The predicted molar refractivity (Wildman–Crippen MR) is 60.6 cm³/mol. The van der Waals surface area contributed by atoms with Gasteiger partial charge in [-0.05, 0) is 17.7 Å². The fraction of sp³-hybridized carbons (Fsp3) is 0.182. The molecule has 0 aliphatic carbocycles. The standard InChI is InChI=1S/C11H8ClF3N2O/c12-9-2-1-7(8-4-16-17-5-8)3-10(9)18-6-11(13,14)15/h1-5H,6H2,(H,16,17). The molecule has 3 nitrogen and oxygen atoms in total. The molecule has 0 bridgehead atoms. The molecule has 2 aromatic rings. The summed E-state index contributed by atoms with van der Waals surface area (Å²) in [6.07, 6.45) is -1.22. The van der Waals surface area contributed by atoms with Gasteiger partial charge in [-0.15, -0.1) is 0 Å². The molecule has 0 saturated carbocycles. The molecule has 0 spiro atoms. The minimum absolute atomic E-state index is 0.00677. The molecule has 0 atom stereocenters. The number of aromatic amines is 1. The van der Waals surface area contributed by atoms with Gasteiger partial charge in [0.05, 0.1) is 11.2 Å². The Morgan fingerprint density at radius 3 is 2.67 bits per heavy atom. The quantitative estimate of drug-likeness (QED) is 0.929. The zero-order valence-corrected chi connectivity index (χ0v) is 9.72. The van der Waals surface area contributed by atoms with Gasteiger partial charge in [0.15, 0.2) is 6.61 Å². The highest BCUT2D eigenvalue weighted by molar-refractivity contribution is 6.32. The van der Waals surface area contributed by atoms with Gasteiger partial charge in [-0.3, -0.25) is 5.10 Å². The number of nitrogens with one attached hydrogen (secondary N) is 1. The average Bonchev–Trinajstić information content (AvgIpc) is 2.80. The molecule has 1 N–H and O–H groups in total. The van der Waals surface area contributed by atoms with Crippen molar-refractivity contribution < 1.29 is 17.9 Å². The summed E-state index contributed by atoms with van der Waals surface area (Å²) in [5, 5.41) is 6.50. The molecule has 0 amide bonds. The van der Waals surface area contributed by atoms with E-state index >= 15 is 0 Å². The molecular weight excluding hydrogens is 269 g/mol. The van der Waals surface area contributed by atoms with E-state index in [-0.39, 0.29) is 10.8 Å². The Morgan fingerprint density at radius 1 is 1.28 bits per heavy atom. The molecule has 96 valence electrons. The zero-order chi connectivity index (χ0) is 13.2. The maximum atomic E-state index is 12.1. The lowest BCUT2D eigenvalue weighted by molar-refractivity contribution is -0.153. The summed E-state index contributed by atoms with van der Waals surface area (Å²) in [6, 6.07) is 4.60. The maximum Gasteiger partial charge on any atom is 0.422 e. The van der Waals surface area contributed by atoms with E-state index in [1.165, 1.54) is 12.1 Å². The number of H-pyrrole nitrogens is 1. The third-order valence-corrected chi connectivity index (χ3v) is 2.47. The zero-order valence-electron chi connectivity index (χ0n) is 8.96. The second-order valence-corrected chi connectivity index (χ2v) is 3.94. The summed E-state index contributed by atoms with van der Waals surface area (Å²) in [7, 11) is 0. The number of hydrogen-bond acceptors (Lipinski definition) is 2. The lowest BCUT2D eigenvalue weighted by Gasteiger charge is -2.11. The van der Waals surface area contributed by atoms with Crippen LogP contribution in [0.5, 0.6) is 5.75 Å². The van der Waals surface area contributed by atoms with E-state index in [0.717, 1.165) is 5.56 Å². The van der Waals surface area contributed by atoms with Gasteiger partial charge in [0.1, 0.15) is 5.75 Å². The summed E-state index contributed by atoms with van der Waals surface area (Å²) >= 11 is 5.77. The number of nitrogens with zero attached hydrogens (tertiary/aromatic N) is 1. The fourth-order valence-corrected chi connectivity index (χ4v) is 1.53. The van der Waals surface area contributed by atoms with Crippen LogP contribution >= 0.6 is 11.6 Å². The van der Waals surface area contributed by atoms with Crippen LogP contribution in [0.2, 0.25) is 5.02 Å². The monoisotopic (exact) mass is 276 g/mol. The van der Waals surface area contributed by atoms with Crippen molar-refractivity contribution in [2.75, 3.05) is 6.61 Å². The highest BCUT2D eigenvalue weighted by atomic mass is 35.5. The van der Waals surface area contributed by atoms with Crippen molar-refractivity contribution in [1.82, 2.24) is 10.2 Å². The summed E-state index contributed by atoms with van der Waals surface area (Å²) in [5.41, 5.74) is 1.41. The third-order valence-electron chi connectivity index (χ3n) is 2.15. The number of aromatic nitrogens is 2. The van der Waals surface area contributed by atoms with Crippen LogP contribution in [0.4, 0.5) is 13.2 Å². The van der Waals surface area contributed by atoms with E-state index < -0.39 is 12.8 Å². The molecule has 1 aromatic heterocycles. The van der Waals surface area contributed by atoms with Crippen molar-refractivity contribution in [2.24, 2.45) is 0 Å². The summed E-state index contributed by atoms with van der Waals surface area (Å²) in [6.45, 7) is -1.37. The van der Waals surface area contributed by atoms with Crippen molar-refractivity contribution in [3.63, 3.8) is 0 Å². The Labute approximate surface area is 106 Å². The van der Waals surface area contributed by atoms with Crippen LogP contribution in [0, 0.1) is 0 Å². The van der Waals surface area contributed by atoms with Crippen LogP contribution in [0.1, 0.15) is 0 Å². The summed E-state index contributed by atoms with van der Waals surface area (Å²) < 4.78 is 40.8. The Morgan fingerprint density at radius 2 is 2.06 bits per heavy atom. The average molecular weight is 277 g/mol. The first-order valence-corrected chi connectivity index (χ1v) is 5.32. The fourth-order valence-electron chi connectivity index (χ4n) is 1.36. The molecule has 0 radical (unpaired) electrons. The molecule has 1 aromatic carbocycles. The van der Waals surface area contributed by atoms with Crippen molar-refractivity contribution in [2.45, 2.75) is 6.18 Å². The molecule has 1 heterocycles. The van der Waals surface area contributed by atoms with Crippen molar-refractivity contribution in [3.8, 4) is 16.9 Å². The van der Waals surface area contributed by atoms with Crippen LogP contribution in [-0.4, -0.2) is 23.0 Å². The van der Waals surface area contributed by atoms with E-state index in [2.05, 4.69) is 14.9 Å². The minimum Gasteiger partial charge on any atom is -0.483 e. The number of alkyl halides is 3. The van der Waals surface area contributed by atoms with Gasteiger partial charge in [0.2, 0.25) is 0 Å². The first kappa shape index (κ1) is 12.8. The highest BCUT2D eigenvalue weighted by Gasteiger charge is 2.28. The smallest absolute Gasteiger partial charge is 0.422 e. The Hall–Kier alpha value is -1.69. The third kappa shape index (κ3) is 3.16. The van der Waals surface area contributed by atoms with E-state index in [1.807, 2.05) is 0 Å². The first-order chi connectivity index (χ1) is 8.46. The van der Waals surface area contributed by atoms with Gasteiger partial charge in [-0.2, -0.15) is 18.3 Å². The number of halogens is 4. The SMILES string of the molecule is FC(F)(F)COc1cc(-c2cn[nH]c2)ccc1Cl. The Kier molecular flexibility index (Phi) is 3.47. The molecule has 18 heavy (non-hydrogen) atoms. The Balaban J connectivity index is 2.22. The molecule has 0 aliphatic heterocycles. The van der Waals surface area contributed by atoms with E-state index in [1.54, 1.807) is 18.5 Å². The molecule has 0 unspecified atom stereocenters. The number of ether oxygens (including phenoxy) is 1. The van der Waals surface area contributed by atoms with Gasteiger partial charge in [-0.1, -0.05) is 17.7 Å². The normalized spacial score (nSPS) is 11.6. The van der Waals surface area contributed by atoms with E-state index in [4.69, 9.17) is 11.6 Å². The van der Waals surface area contributed by atoms with Crippen LogP contribution in [0.3, 0.4) is 0 Å². The highest BCUT2D eigenvalue weighted by Crippen LogP contribution is 2.31. The molecule has 7 heteroatoms. The van der Waals surface area contributed by atoms with Crippen LogP contribution < -0.4 is 4.74 Å². The number of rotatable bonds is 3. The first-order valence-electron chi connectivity index (χ1n) is 4.94. The van der Waals surface area contributed by atoms with Crippen molar-refractivity contribution in [1.29, 1.82) is 0 Å². The lowest BCUT2D eigenvalue weighted by atomic mass is 10.1. The van der Waals surface area contributed by atoms with Crippen LogP contribution in [-0.2, 0) is 0 Å². The molecular formula is C11H8ClF3N2O. The van der Waals surface area contributed by atoms with E-state index in [9.17, 15) is 13.2 Å². The Bertz CT molecular complexity index is 526.